The Balaban J connectivity index is 1.82. The standard InChI is InChI=1S/C23H28N4O4S2/c1-6-19(28)25-23-24-12-21(33-23)32-18-11-16(17(31-5)10-14(18)3)22(30)27-9-8-26(13-15(27)4)20(29)7-2/h7,10-12,15H,2,6,8-9,13H2,1,3-5H3,(H,24,25,28). The molecule has 2 heterocycles. The van der Waals surface area contributed by atoms with Crippen molar-refractivity contribution in [2.24, 2.45) is 0 Å². The average molecular weight is 489 g/mol. The highest BCUT2D eigenvalue weighted by Crippen LogP contribution is 2.38. The first kappa shape index (κ1) is 24.8. The number of carbonyl (C=O) groups excluding carboxylic acids is 3. The highest BCUT2D eigenvalue weighted by Gasteiger charge is 2.31. The summed E-state index contributed by atoms with van der Waals surface area (Å²) >= 11 is 2.88. The fourth-order valence-electron chi connectivity index (χ4n) is 3.53. The van der Waals surface area contributed by atoms with E-state index in [0.29, 0.717) is 42.5 Å². The number of nitrogens with one attached hydrogen (secondary N) is 1. The van der Waals surface area contributed by atoms with Crippen LogP contribution in [0.25, 0.3) is 0 Å². The zero-order chi connectivity index (χ0) is 24.1. The molecule has 1 saturated heterocycles. The van der Waals surface area contributed by atoms with Gasteiger partial charge >= 0.3 is 0 Å². The summed E-state index contributed by atoms with van der Waals surface area (Å²) in [6, 6.07) is 3.57. The number of hydrogen-bond donors (Lipinski definition) is 1. The molecule has 1 aliphatic heterocycles. The minimum Gasteiger partial charge on any atom is -0.496 e. The van der Waals surface area contributed by atoms with Crippen molar-refractivity contribution < 1.29 is 19.1 Å². The fraction of sp³-hybridized carbons (Fsp3) is 0.391. The maximum absolute atomic E-state index is 13.5. The molecule has 1 aliphatic rings. The lowest BCUT2D eigenvalue weighted by Crippen LogP contribution is -2.55. The third-order valence-electron chi connectivity index (χ3n) is 5.36. The van der Waals surface area contributed by atoms with Gasteiger partial charge in [-0.25, -0.2) is 4.98 Å². The summed E-state index contributed by atoms with van der Waals surface area (Å²) in [4.78, 5) is 45.7. The van der Waals surface area contributed by atoms with Gasteiger partial charge in [0.05, 0.1) is 23.1 Å². The predicted octanol–water partition coefficient (Wildman–Crippen LogP) is 3.82. The summed E-state index contributed by atoms with van der Waals surface area (Å²) in [7, 11) is 1.55. The van der Waals surface area contributed by atoms with Gasteiger partial charge in [-0.15, -0.1) is 0 Å². The lowest BCUT2D eigenvalue weighted by Gasteiger charge is -2.39. The van der Waals surface area contributed by atoms with E-state index >= 15 is 0 Å². The molecule has 176 valence electrons. The van der Waals surface area contributed by atoms with Gasteiger partial charge in [0.2, 0.25) is 11.8 Å². The van der Waals surface area contributed by atoms with Gasteiger partial charge in [0.1, 0.15) is 5.75 Å². The van der Waals surface area contributed by atoms with E-state index in [1.54, 1.807) is 30.0 Å². The number of rotatable bonds is 7. The molecule has 0 radical (unpaired) electrons. The summed E-state index contributed by atoms with van der Waals surface area (Å²) in [5.41, 5.74) is 1.44. The van der Waals surface area contributed by atoms with Crippen LogP contribution in [-0.2, 0) is 9.59 Å². The molecule has 10 heteroatoms. The Hall–Kier alpha value is -2.85. The van der Waals surface area contributed by atoms with Crippen LogP contribution >= 0.6 is 23.1 Å². The Kier molecular flexibility index (Phi) is 8.15. The van der Waals surface area contributed by atoms with Crippen LogP contribution in [-0.4, -0.2) is 65.3 Å². The second-order valence-electron chi connectivity index (χ2n) is 7.64. The second kappa shape index (κ2) is 10.8. The maximum Gasteiger partial charge on any atom is 0.258 e. The molecule has 0 spiro atoms. The topological polar surface area (TPSA) is 91.8 Å². The van der Waals surface area contributed by atoms with Crippen LogP contribution in [0.5, 0.6) is 5.75 Å². The number of nitrogens with zero attached hydrogens (tertiary/aromatic N) is 3. The van der Waals surface area contributed by atoms with Crippen LogP contribution in [0.2, 0.25) is 0 Å². The van der Waals surface area contributed by atoms with Crippen LogP contribution in [0, 0.1) is 6.92 Å². The summed E-state index contributed by atoms with van der Waals surface area (Å²) < 4.78 is 6.42. The van der Waals surface area contributed by atoms with Crippen molar-refractivity contribution in [1.82, 2.24) is 14.8 Å². The predicted molar refractivity (Wildman–Crippen MR) is 130 cm³/mol. The summed E-state index contributed by atoms with van der Waals surface area (Å²) in [5.74, 6) is 0.170. The van der Waals surface area contributed by atoms with E-state index in [-0.39, 0.29) is 23.8 Å². The van der Waals surface area contributed by atoms with Crippen LogP contribution in [0.3, 0.4) is 0 Å². The largest absolute Gasteiger partial charge is 0.496 e. The number of hydrogen-bond acceptors (Lipinski definition) is 7. The Morgan fingerprint density at radius 2 is 2.12 bits per heavy atom. The zero-order valence-electron chi connectivity index (χ0n) is 19.2. The monoisotopic (exact) mass is 488 g/mol. The number of thiazole rings is 1. The Bertz CT molecular complexity index is 1070. The van der Waals surface area contributed by atoms with Gasteiger partial charge in [-0.1, -0.05) is 36.6 Å². The van der Waals surface area contributed by atoms with Crippen molar-refractivity contribution in [3.05, 3.63) is 42.1 Å². The van der Waals surface area contributed by atoms with E-state index in [1.165, 1.54) is 29.2 Å². The summed E-state index contributed by atoms with van der Waals surface area (Å²) in [5, 5.41) is 3.31. The summed E-state index contributed by atoms with van der Waals surface area (Å²) in [6.45, 7) is 10.6. The Labute approximate surface area is 202 Å². The SMILES string of the molecule is C=CC(=O)N1CCN(C(=O)c2cc(Sc3cnc(NC(=O)CC)s3)c(C)cc2OC)C(C)C1. The number of aryl methyl sites for hydroxylation is 1. The van der Waals surface area contributed by atoms with Gasteiger partial charge in [0.15, 0.2) is 5.13 Å². The molecular weight excluding hydrogens is 460 g/mol. The van der Waals surface area contributed by atoms with Gasteiger partial charge in [-0.3, -0.25) is 14.4 Å². The molecule has 33 heavy (non-hydrogen) atoms. The fourth-order valence-corrected chi connectivity index (χ4v) is 5.49. The Morgan fingerprint density at radius 3 is 2.76 bits per heavy atom. The van der Waals surface area contributed by atoms with Crippen molar-refractivity contribution in [3.8, 4) is 5.75 Å². The van der Waals surface area contributed by atoms with Gasteiger partial charge in [-0.05, 0) is 37.6 Å². The Morgan fingerprint density at radius 1 is 1.36 bits per heavy atom. The van der Waals surface area contributed by atoms with E-state index < -0.39 is 0 Å². The molecule has 1 unspecified atom stereocenters. The first-order valence-corrected chi connectivity index (χ1v) is 12.2. The molecule has 1 aromatic carbocycles. The molecule has 0 saturated carbocycles. The average Bonchev–Trinajstić information content (AvgIpc) is 3.25. The van der Waals surface area contributed by atoms with Gasteiger partial charge in [0, 0.05) is 37.0 Å². The van der Waals surface area contributed by atoms with E-state index in [4.69, 9.17) is 4.74 Å². The molecule has 3 amide bonds. The number of piperazine rings is 1. The van der Waals surface area contributed by atoms with Crippen molar-refractivity contribution in [3.63, 3.8) is 0 Å². The van der Waals surface area contributed by atoms with Crippen molar-refractivity contribution in [2.75, 3.05) is 32.1 Å². The van der Waals surface area contributed by atoms with Crippen LogP contribution in [0.1, 0.15) is 36.2 Å². The number of methoxy groups -OCH3 is 1. The lowest BCUT2D eigenvalue weighted by atomic mass is 10.1. The summed E-state index contributed by atoms with van der Waals surface area (Å²) in [6.07, 6.45) is 3.40. The van der Waals surface area contributed by atoms with Crippen molar-refractivity contribution in [2.45, 2.75) is 42.3 Å². The number of ether oxygens (including phenoxy) is 1. The number of aromatic nitrogens is 1. The van der Waals surface area contributed by atoms with Crippen molar-refractivity contribution in [1.29, 1.82) is 0 Å². The second-order valence-corrected chi connectivity index (χ2v) is 10.0. The molecule has 1 fully saturated rings. The molecule has 1 N–H and O–H groups in total. The minimum absolute atomic E-state index is 0.0848. The maximum atomic E-state index is 13.5. The minimum atomic E-state index is -0.136. The molecule has 0 bridgehead atoms. The van der Waals surface area contributed by atoms with Crippen molar-refractivity contribution >= 4 is 46.0 Å². The van der Waals surface area contributed by atoms with Gasteiger partial charge in [0.25, 0.3) is 5.91 Å². The van der Waals surface area contributed by atoms with Crippen LogP contribution < -0.4 is 10.1 Å². The van der Waals surface area contributed by atoms with Gasteiger partial charge < -0.3 is 19.9 Å². The molecule has 3 rings (SSSR count). The first-order chi connectivity index (χ1) is 15.8. The molecule has 1 atom stereocenters. The number of carbonyl (C=O) groups is 3. The van der Waals surface area contributed by atoms with E-state index in [9.17, 15) is 14.4 Å². The molecule has 1 aromatic heterocycles. The quantitative estimate of drug-likeness (QED) is 0.596. The molecular formula is C23H28N4O4S2. The first-order valence-electron chi connectivity index (χ1n) is 10.6. The van der Waals surface area contributed by atoms with E-state index in [1.807, 2.05) is 26.0 Å². The molecule has 2 aromatic rings. The highest BCUT2D eigenvalue weighted by atomic mass is 32.2. The number of benzene rings is 1. The van der Waals surface area contributed by atoms with Crippen LogP contribution in [0.4, 0.5) is 5.13 Å². The third kappa shape index (κ3) is 5.75. The molecule has 0 aliphatic carbocycles. The number of anilines is 1. The normalized spacial score (nSPS) is 15.8. The molecule has 8 nitrogen and oxygen atoms in total. The lowest BCUT2D eigenvalue weighted by molar-refractivity contribution is -0.128. The van der Waals surface area contributed by atoms with E-state index in [0.717, 1.165) is 14.7 Å². The van der Waals surface area contributed by atoms with Gasteiger partial charge in [-0.2, -0.15) is 0 Å². The zero-order valence-corrected chi connectivity index (χ0v) is 20.8. The smallest absolute Gasteiger partial charge is 0.258 e. The number of amides is 3. The third-order valence-corrected chi connectivity index (χ3v) is 7.54. The van der Waals surface area contributed by atoms with E-state index in [2.05, 4.69) is 16.9 Å². The van der Waals surface area contributed by atoms with Crippen LogP contribution in [0.15, 0.2) is 40.1 Å². The highest BCUT2D eigenvalue weighted by molar-refractivity contribution is 8.01.